The molecule has 1 aliphatic rings. The molecule has 0 bridgehead atoms. The van der Waals surface area contributed by atoms with Crippen LogP contribution < -0.4 is 0 Å². The first-order valence-corrected chi connectivity index (χ1v) is 5.45. The topological polar surface area (TPSA) is 25.8 Å². The minimum Gasteiger partial charge on any atom is -0.137 e. The molecule has 2 rings (SSSR count). The van der Waals surface area contributed by atoms with E-state index in [1.165, 1.54) is 0 Å². The van der Waals surface area contributed by atoms with E-state index in [2.05, 4.69) is 24.0 Å². The molecular weight excluding hydrogens is 219 g/mol. The molecule has 76 valence electrons. The molecule has 0 aliphatic heterocycles. The second-order valence-electron chi connectivity index (χ2n) is 4.58. The van der Waals surface area contributed by atoms with E-state index in [1.54, 1.807) is 0 Å². The third-order valence-electron chi connectivity index (χ3n) is 2.80. The van der Waals surface area contributed by atoms with Crippen LogP contribution in [0.2, 0.25) is 10.3 Å². The van der Waals surface area contributed by atoms with Crippen LogP contribution in [0.15, 0.2) is 0 Å². The Morgan fingerprint density at radius 1 is 1.07 bits per heavy atom. The van der Waals surface area contributed by atoms with Crippen LogP contribution in [-0.4, -0.2) is 10.2 Å². The Bertz CT molecular complexity index is 375. The number of aromatic nitrogens is 2. The maximum Gasteiger partial charge on any atom is 0.155 e. The van der Waals surface area contributed by atoms with E-state index in [-0.39, 0.29) is 0 Å². The van der Waals surface area contributed by atoms with Gasteiger partial charge in [0.05, 0.1) is 0 Å². The Morgan fingerprint density at radius 2 is 1.64 bits per heavy atom. The van der Waals surface area contributed by atoms with Crippen LogP contribution in [0.5, 0.6) is 0 Å². The van der Waals surface area contributed by atoms with Crippen LogP contribution in [0, 0.1) is 5.41 Å². The number of nitrogens with zero attached hydrogens (tertiary/aromatic N) is 2. The summed E-state index contributed by atoms with van der Waals surface area (Å²) in [6.07, 6.45) is 3.02. The maximum atomic E-state index is 6.01. The zero-order valence-corrected chi connectivity index (χ0v) is 9.78. The molecule has 4 heteroatoms. The molecule has 1 aromatic rings. The van der Waals surface area contributed by atoms with Crippen molar-refractivity contribution in [3.05, 3.63) is 21.4 Å². The highest BCUT2D eigenvalue weighted by molar-refractivity contribution is 6.32. The lowest BCUT2D eigenvalue weighted by Crippen LogP contribution is -2.23. The van der Waals surface area contributed by atoms with E-state index in [0.29, 0.717) is 15.7 Å². The third kappa shape index (κ3) is 1.73. The molecule has 2 nitrogen and oxygen atoms in total. The Hall–Kier alpha value is -0.340. The number of halogens is 2. The monoisotopic (exact) mass is 230 g/mol. The average molecular weight is 231 g/mol. The second kappa shape index (κ2) is 3.35. The van der Waals surface area contributed by atoms with E-state index >= 15 is 0 Å². The zero-order valence-electron chi connectivity index (χ0n) is 8.27. The summed E-state index contributed by atoms with van der Waals surface area (Å²) >= 11 is 12.0. The molecular formula is C10H12Cl2N2. The quantitative estimate of drug-likeness (QED) is 0.684. The van der Waals surface area contributed by atoms with Gasteiger partial charge in [-0.1, -0.05) is 37.0 Å². The van der Waals surface area contributed by atoms with E-state index in [4.69, 9.17) is 23.2 Å². The van der Waals surface area contributed by atoms with Gasteiger partial charge in [0.15, 0.2) is 10.3 Å². The van der Waals surface area contributed by atoms with Gasteiger partial charge in [0.1, 0.15) is 0 Å². The molecule has 0 radical (unpaired) electrons. The van der Waals surface area contributed by atoms with E-state index in [9.17, 15) is 0 Å². The Morgan fingerprint density at radius 3 is 2.29 bits per heavy atom. The first-order chi connectivity index (χ1) is 6.49. The number of hydrogen-bond donors (Lipinski definition) is 0. The first-order valence-electron chi connectivity index (χ1n) is 4.69. The van der Waals surface area contributed by atoms with Crippen LogP contribution in [0.4, 0.5) is 0 Å². The summed E-state index contributed by atoms with van der Waals surface area (Å²) in [6.45, 7) is 4.47. The van der Waals surface area contributed by atoms with Gasteiger partial charge in [0.2, 0.25) is 0 Å². The summed E-state index contributed by atoms with van der Waals surface area (Å²) in [4.78, 5) is 0. The van der Waals surface area contributed by atoms with Gasteiger partial charge in [-0.15, -0.1) is 10.2 Å². The van der Waals surface area contributed by atoms with E-state index in [1.807, 2.05) is 0 Å². The van der Waals surface area contributed by atoms with Crippen molar-refractivity contribution in [1.82, 2.24) is 10.2 Å². The minimum absolute atomic E-state index is 0.295. The van der Waals surface area contributed by atoms with Crippen LogP contribution in [0.25, 0.3) is 0 Å². The van der Waals surface area contributed by atoms with Gasteiger partial charge < -0.3 is 0 Å². The third-order valence-corrected chi connectivity index (χ3v) is 3.40. The number of rotatable bonds is 0. The van der Waals surface area contributed by atoms with Crippen LogP contribution in [-0.2, 0) is 12.8 Å². The van der Waals surface area contributed by atoms with Crippen LogP contribution in [0.3, 0.4) is 0 Å². The van der Waals surface area contributed by atoms with Crippen molar-refractivity contribution >= 4 is 23.2 Å². The molecule has 0 fully saturated rings. The van der Waals surface area contributed by atoms with Crippen molar-refractivity contribution in [2.24, 2.45) is 5.41 Å². The van der Waals surface area contributed by atoms with Gasteiger partial charge in [0, 0.05) is 0 Å². The fraction of sp³-hybridized carbons (Fsp3) is 0.600. The second-order valence-corrected chi connectivity index (χ2v) is 5.30. The van der Waals surface area contributed by atoms with Crippen molar-refractivity contribution in [1.29, 1.82) is 0 Å². The molecule has 14 heavy (non-hydrogen) atoms. The van der Waals surface area contributed by atoms with Gasteiger partial charge in [-0.3, -0.25) is 0 Å². The Kier molecular flexibility index (Phi) is 2.44. The average Bonchev–Trinajstić information content (AvgIpc) is 2.10. The largest absolute Gasteiger partial charge is 0.155 e. The number of hydrogen-bond acceptors (Lipinski definition) is 2. The molecule has 0 spiro atoms. The van der Waals surface area contributed by atoms with Crippen LogP contribution in [0.1, 0.15) is 31.4 Å². The Balaban J connectivity index is 2.51. The molecule has 0 saturated heterocycles. The van der Waals surface area contributed by atoms with Crippen molar-refractivity contribution in [2.45, 2.75) is 33.1 Å². The predicted molar refractivity (Wildman–Crippen MR) is 57.9 cm³/mol. The van der Waals surface area contributed by atoms with Crippen molar-refractivity contribution < 1.29 is 0 Å². The highest BCUT2D eigenvalue weighted by Crippen LogP contribution is 2.38. The summed E-state index contributed by atoms with van der Waals surface area (Å²) in [7, 11) is 0. The lowest BCUT2D eigenvalue weighted by molar-refractivity contribution is 0.314. The zero-order chi connectivity index (χ0) is 10.3. The lowest BCUT2D eigenvalue weighted by Gasteiger charge is -2.31. The molecule has 0 saturated carbocycles. The molecule has 1 aromatic heterocycles. The number of fused-ring (bicyclic) bond motifs is 1. The highest BCUT2D eigenvalue weighted by Gasteiger charge is 2.29. The molecule has 0 atom stereocenters. The van der Waals surface area contributed by atoms with E-state index in [0.717, 1.165) is 30.4 Å². The summed E-state index contributed by atoms with van der Waals surface area (Å²) in [5.74, 6) is 0. The highest BCUT2D eigenvalue weighted by atomic mass is 35.5. The smallest absolute Gasteiger partial charge is 0.137 e. The fourth-order valence-corrected chi connectivity index (χ4v) is 2.39. The van der Waals surface area contributed by atoms with Crippen molar-refractivity contribution in [3.63, 3.8) is 0 Å². The SMILES string of the molecule is CC1(C)CCc2c(Cl)nnc(Cl)c2C1. The van der Waals surface area contributed by atoms with Crippen molar-refractivity contribution in [3.8, 4) is 0 Å². The Labute approximate surface area is 93.6 Å². The van der Waals surface area contributed by atoms with Gasteiger partial charge in [-0.2, -0.15) is 0 Å². The summed E-state index contributed by atoms with van der Waals surface area (Å²) in [5, 5.41) is 8.69. The molecule has 1 aliphatic carbocycles. The lowest BCUT2D eigenvalue weighted by atomic mass is 9.75. The summed E-state index contributed by atoms with van der Waals surface area (Å²) in [5.41, 5.74) is 2.47. The molecule has 0 unspecified atom stereocenters. The predicted octanol–water partition coefficient (Wildman–Crippen LogP) is 3.30. The molecule has 0 N–H and O–H groups in total. The summed E-state index contributed by atoms with van der Waals surface area (Å²) < 4.78 is 0. The molecule has 0 aromatic carbocycles. The minimum atomic E-state index is 0.295. The van der Waals surface area contributed by atoms with Crippen LogP contribution >= 0.6 is 23.2 Å². The summed E-state index contributed by atoms with van der Waals surface area (Å²) in [6, 6.07) is 0. The maximum absolute atomic E-state index is 6.01. The fourth-order valence-electron chi connectivity index (χ4n) is 1.92. The first kappa shape index (κ1) is 10.2. The van der Waals surface area contributed by atoms with Crippen molar-refractivity contribution in [2.75, 3.05) is 0 Å². The van der Waals surface area contributed by atoms with Gasteiger partial charge in [0.25, 0.3) is 0 Å². The van der Waals surface area contributed by atoms with Gasteiger partial charge in [-0.25, -0.2) is 0 Å². The molecule has 1 heterocycles. The molecule has 0 amide bonds. The van der Waals surface area contributed by atoms with Gasteiger partial charge >= 0.3 is 0 Å². The van der Waals surface area contributed by atoms with E-state index < -0.39 is 0 Å². The standard InChI is InChI=1S/C10H12Cl2N2/c1-10(2)4-3-6-7(5-10)9(12)14-13-8(6)11/h3-5H2,1-2H3. The normalized spacial score (nSPS) is 19.1. The van der Waals surface area contributed by atoms with Gasteiger partial charge in [-0.05, 0) is 35.8 Å².